The summed E-state index contributed by atoms with van der Waals surface area (Å²) in [6.45, 7) is 1.44. The summed E-state index contributed by atoms with van der Waals surface area (Å²) >= 11 is 0. The van der Waals surface area contributed by atoms with Gasteiger partial charge in [0, 0.05) is 18.6 Å². The van der Waals surface area contributed by atoms with Crippen molar-refractivity contribution in [2.75, 3.05) is 21.3 Å². The molecule has 0 radical (unpaired) electrons. The molecule has 8 nitrogen and oxygen atoms in total. The number of nitrogens with one attached hydrogen (secondary N) is 1. The van der Waals surface area contributed by atoms with Crippen molar-refractivity contribution in [3.8, 4) is 11.5 Å². The van der Waals surface area contributed by atoms with E-state index < -0.39 is 18.1 Å². The molecule has 0 aliphatic carbocycles. The SMILES string of the molecule is COC(=O)C1C(NC(C)=O)C(=O)N1Cc1ccc(OC)cc1OC. The molecular weight excluding hydrogens is 316 g/mol. The topological polar surface area (TPSA) is 94.2 Å². The number of amides is 2. The minimum Gasteiger partial charge on any atom is -0.497 e. The predicted molar refractivity (Wildman–Crippen MR) is 83.5 cm³/mol. The Morgan fingerprint density at radius 1 is 1.21 bits per heavy atom. The fourth-order valence-corrected chi connectivity index (χ4v) is 2.63. The van der Waals surface area contributed by atoms with Crippen LogP contribution in [0.5, 0.6) is 11.5 Å². The number of ether oxygens (including phenoxy) is 3. The van der Waals surface area contributed by atoms with Crippen LogP contribution in [-0.4, -0.2) is 56.1 Å². The lowest BCUT2D eigenvalue weighted by molar-refractivity contribution is -0.170. The zero-order chi connectivity index (χ0) is 17.9. The number of hydrogen-bond donors (Lipinski definition) is 1. The van der Waals surface area contributed by atoms with Gasteiger partial charge in [0.1, 0.15) is 17.5 Å². The summed E-state index contributed by atoms with van der Waals surface area (Å²) in [4.78, 5) is 36.8. The second-order valence-electron chi connectivity index (χ2n) is 5.29. The van der Waals surface area contributed by atoms with Gasteiger partial charge in [0.05, 0.1) is 27.9 Å². The molecule has 1 aliphatic rings. The Morgan fingerprint density at radius 2 is 1.92 bits per heavy atom. The van der Waals surface area contributed by atoms with Crippen molar-refractivity contribution in [1.29, 1.82) is 0 Å². The summed E-state index contributed by atoms with van der Waals surface area (Å²) in [5.74, 6) is -0.164. The van der Waals surface area contributed by atoms with Gasteiger partial charge < -0.3 is 24.4 Å². The number of nitrogens with zero attached hydrogens (tertiary/aromatic N) is 1. The molecule has 2 unspecified atom stereocenters. The van der Waals surface area contributed by atoms with Gasteiger partial charge in [-0.2, -0.15) is 0 Å². The van der Waals surface area contributed by atoms with Crippen LogP contribution in [0.2, 0.25) is 0 Å². The first-order valence-electron chi connectivity index (χ1n) is 7.29. The standard InChI is InChI=1S/C16H20N2O6/c1-9(19)17-13-14(16(21)24-4)18(15(13)20)8-10-5-6-11(22-2)7-12(10)23-3/h5-7,13-14H,8H2,1-4H3,(H,17,19). The Labute approximate surface area is 139 Å². The van der Waals surface area contributed by atoms with Crippen LogP contribution >= 0.6 is 0 Å². The summed E-state index contributed by atoms with van der Waals surface area (Å²) in [5, 5.41) is 2.47. The minimum absolute atomic E-state index is 0.155. The van der Waals surface area contributed by atoms with Crippen LogP contribution in [0.4, 0.5) is 0 Å². The number of benzene rings is 1. The summed E-state index contributed by atoms with van der Waals surface area (Å²) in [5.41, 5.74) is 0.710. The lowest BCUT2D eigenvalue weighted by atomic mass is 9.93. The molecule has 130 valence electrons. The van der Waals surface area contributed by atoms with E-state index in [4.69, 9.17) is 14.2 Å². The molecule has 1 aliphatic heterocycles. The predicted octanol–water partition coefficient (Wildman–Crippen LogP) is 0.0923. The van der Waals surface area contributed by atoms with Gasteiger partial charge in [-0.3, -0.25) is 9.59 Å². The molecule has 0 saturated carbocycles. The number of esters is 1. The molecule has 1 aromatic rings. The number of likely N-dealkylation sites (tertiary alicyclic amines) is 1. The van der Waals surface area contributed by atoms with Gasteiger partial charge in [0.25, 0.3) is 0 Å². The quantitative estimate of drug-likeness (QED) is 0.585. The molecule has 0 spiro atoms. The first kappa shape index (κ1) is 17.6. The highest BCUT2D eigenvalue weighted by Crippen LogP contribution is 2.30. The van der Waals surface area contributed by atoms with Crippen LogP contribution in [0.1, 0.15) is 12.5 Å². The lowest BCUT2D eigenvalue weighted by Gasteiger charge is -2.45. The third-order valence-electron chi connectivity index (χ3n) is 3.84. The fraction of sp³-hybridized carbons (Fsp3) is 0.438. The van der Waals surface area contributed by atoms with Crippen LogP contribution in [-0.2, 0) is 25.7 Å². The number of methoxy groups -OCH3 is 3. The van der Waals surface area contributed by atoms with Gasteiger partial charge >= 0.3 is 5.97 Å². The number of β-lactam (4-membered cyclic amide) rings is 1. The van der Waals surface area contributed by atoms with E-state index in [1.165, 1.54) is 26.0 Å². The average molecular weight is 336 g/mol. The summed E-state index contributed by atoms with van der Waals surface area (Å²) < 4.78 is 15.2. The van der Waals surface area contributed by atoms with Crippen molar-refractivity contribution >= 4 is 17.8 Å². The van der Waals surface area contributed by atoms with E-state index in [1.54, 1.807) is 25.3 Å². The van der Waals surface area contributed by atoms with Gasteiger partial charge in [-0.05, 0) is 12.1 Å². The molecule has 2 atom stereocenters. The van der Waals surface area contributed by atoms with Gasteiger partial charge in [0.2, 0.25) is 11.8 Å². The highest BCUT2D eigenvalue weighted by atomic mass is 16.5. The second kappa shape index (κ2) is 7.20. The largest absolute Gasteiger partial charge is 0.497 e. The molecular formula is C16H20N2O6. The number of rotatable bonds is 6. The van der Waals surface area contributed by atoms with E-state index >= 15 is 0 Å². The molecule has 1 fully saturated rings. The van der Waals surface area contributed by atoms with Crippen LogP contribution in [0.25, 0.3) is 0 Å². The molecule has 1 saturated heterocycles. The van der Waals surface area contributed by atoms with Crippen molar-refractivity contribution in [1.82, 2.24) is 10.2 Å². The minimum atomic E-state index is -0.904. The Morgan fingerprint density at radius 3 is 2.46 bits per heavy atom. The van der Waals surface area contributed by atoms with Crippen molar-refractivity contribution in [2.45, 2.75) is 25.6 Å². The molecule has 1 heterocycles. The van der Waals surface area contributed by atoms with E-state index in [2.05, 4.69) is 5.32 Å². The van der Waals surface area contributed by atoms with E-state index in [9.17, 15) is 14.4 Å². The van der Waals surface area contributed by atoms with Crippen LogP contribution < -0.4 is 14.8 Å². The monoisotopic (exact) mass is 336 g/mol. The summed E-state index contributed by atoms with van der Waals surface area (Å²) in [6.07, 6.45) is 0. The maximum Gasteiger partial charge on any atom is 0.331 e. The fourth-order valence-electron chi connectivity index (χ4n) is 2.63. The highest BCUT2D eigenvalue weighted by molar-refractivity contribution is 6.01. The van der Waals surface area contributed by atoms with Crippen molar-refractivity contribution in [3.63, 3.8) is 0 Å². The average Bonchev–Trinajstić information content (AvgIpc) is 2.59. The maximum absolute atomic E-state index is 12.3. The van der Waals surface area contributed by atoms with Crippen molar-refractivity contribution in [2.24, 2.45) is 0 Å². The highest BCUT2D eigenvalue weighted by Gasteiger charge is 2.52. The van der Waals surface area contributed by atoms with E-state index in [1.807, 2.05) is 0 Å². The van der Waals surface area contributed by atoms with Crippen molar-refractivity contribution in [3.05, 3.63) is 23.8 Å². The third-order valence-corrected chi connectivity index (χ3v) is 3.84. The first-order chi connectivity index (χ1) is 11.4. The zero-order valence-corrected chi connectivity index (χ0v) is 14.0. The normalized spacial score (nSPS) is 19.3. The van der Waals surface area contributed by atoms with Crippen molar-refractivity contribution < 1.29 is 28.6 Å². The molecule has 1 N–H and O–H groups in total. The zero-order valence-electron chi connectivity index (χ0n) is 14.0. The maximum atomic E-state index is 12.3. The molecule has 24 heavy (non-hydrogen) atoms. The number of carbonyl (C=O) groups is 3. The van der Waals surface area contributed by atoms with Gasteiger partial charge in [-0.25, -0.2) is 4.79 Å². The van der Waals surface area contributed by atoms with Gasteiger partial charge in [-0.15, -0.1) is 0 Å². The number of hydrogen-bond acceptors (Lipinski definition) is 6. The first-order valence-corrected chi connectivity index (χ1v) is 7.29. The molecule has 0 aromatic heterocycles. The van der Waals surface area contributed by atoms with Crippen LogP contribution in [0.3, 0.4) is 0 Å². The number of carbonyl (C=O) groups excluding carboxylic acids is 3. The van der Waals surface area contributed by atoms with E-state index in [-0.39, 0.29) is 18.4 Å². The molecule has 2 rings (SSSR count). The summed E-state index contributed by atoms with van der Waals surface area (Å²) in [7, 11) is 4.29. The van der Waals surface area contributed by atoms with Gasteiger partial charge in [0.15, 0.2) is 6.04 Å². The Bertz CT molecular complexity index is 660. The third kappa shape index (κ3) is 3.27. The molecule has 2 amide bonds. The Kier molecular flexibility index (Phi) is 5.28. The second-order valence-corrected chi connectivity index (χ2v) is 5.29. The lowest BCUT2D eigenvalue weighted by Crippen LogP contribution is -2.72. The summed E-state index contributed by atoms with van der Waals surface area (Å²) in [6, 6.07) is 3.42. The Balaban J connectivity index is 2.23. The van der Waals surface area contributed by atoms with E-state index in [0.29, 0.717) is 17.1 Å². The van der Waals surface area contributed by atoms with Gasteiger partial charge in [-0.1, -0.05) is 0 Å². The van der Waals surface area contributed by atoms with Crippen LogP contribution in [0.15, 0.2) is 18.2 Å². The Hall–Kier alpha value is -2.77. The molecule has 0 bridgehead atoms. The van der Waals surface area contributed by atoms with Crippen LogP contribution in [0, 0.1) is 0 Å². The molecule has 1 aromatic carbocycles. The van der Waals surface area contributed by atoms with E-state index in [0.717, 1.165) is 0 Å². The smallest absolute Gasteiger partial charge is 0.331 e. The molecule has 8 heteroatoms.